The molecule has 0 aliphatic carbocycles. The van der Waals surface area contributed by atoms with E-state index in [0.717, 1.165) is 46.5 Å². The third kappa shape index (κ3) is 2.91. The molecule has 21 heavy (non-hydrogen) atoms. The van der Waals surface area contributed by atoms with Crippen LogP contribution >= 0.6 is 0 Å². The lowest BCUT2D eigenvalue weighted by atomic mass is 9.88. The molecule has 1 heterocycles. The summed E-state index contributed by atoms with van der Waals surface area (Å²) in [6.45, 7) is 10.7. The van der Waals surface area contributed by atoms with Crippen LogP contribution in [0.4, 0.5) is 0 Å². The number of aldehydes is 1. The molecule has 0 amide bonds. The number of rotatable bonds is 5. The van der Waals surface area contributed by atoms with Crippen LogP contribution in [0.25, 0.3) is 0 Å². The summed E-state index contributed by atoms with van der Waals surface area (Å²) in [5, 5.41) is 0. The van der Waals surface area contributed by atoms with Crippen molar-refractivity contribution >= 4 is 6.29 Å². The van der Waals surface area contributed by atoms with Gasteiger partial charge in [-0.1, -0.05) is 0 Å². The molecule has 0 bridgehead atoms. The van der Waals surface area contributed by atoms with Crippen LogP contribution in [0.2, 0.25) is 0 Å². The summed E-state index contributed by atoms with van der Waals surface area (Å²) in [7, 11) is 0. The number of hydrogen-bond acceptors (Lipinski definition) is 4. The predicted octanol–water partition coefficient (Wildman–Crippen LogP) is 3.27. The quantitative estimate of drug-likeness (QED) is 0.475. The molecule has 2 rings (SSSR count). The van der Waals surface area contributed by atoms with Crippen LogP contribution in [0.5, 0.6) is 11.5 Å². The molecule has 4 heteroatoms. The minimum atomic E-state index is -0.718. The van der Waals surface area contributed by atoms with E-state index in [4.69, 9.17) is 14.2 Å². The molecule has 4 nitrogen and oxygen atoms in total. The first-order valence-electron chi connectivity index (χ1n) is 7.42. The number of benzene rings is 1. The van der Waals surface area contributed by atoms with Gasteiger partial charge in [0.2, 0.25) is 0 Å². The fourth-order valence-electron chi connectivity index (χ4n) is 2.74. The van der Waals surface area contributed by atoms with Gasteiger partial charge in [-0.25, -0.2) is 0 Å². The average Bonchev–Trinajstić information content (AvgIpc) is 2.48. The maximum atomic E-state index is 11.2. The summed E-state index contributed by atoms with van der Waals surface area (Å²) in [4.78, 5) is 11.2. The average molecular weight is 292 g/mol. The normalized spacial score (nSPS) is 20.6. The van der Waals surface area contributed by atoms with E-state index in [2.05, 4.69) is 0 Å². The first-order valence-corrected chi connectivity index (χ1v) is 7.42. The van der Waals surface area contributed by atoms with Crippen LogP contribution in [0.3, 0.4) is 0 Å². The van der Waals surface area contributed by atoms with Crippen molar-refractivity contribution in [2.24, 2.45) is 0 Å². The second-order valence-corrected chi connectivity index (χ2v) is 5.80. The molecule has 0 fully saturated rings. The lowest BCUT2D eigenvalue weighted by molar-refractivity contribution is -0.121. The van der Waals surface area contributed by atoms with Crippen LogP contribution in [0.15, 0.2) is 0 Å². The number of hydrogen-bond donors (Lipinski definition) is 0. The van der Waals surface area contributed by atoms with Crippen LogP contribution in [-0.4, -0.2) is 25.3 Å². The summed E-state index contributed by atoms with van der Waals surface area (Å²) < 4.78 is 17.1. The van der Waals surface area contributed by atoms with Gasteiger partial charge in [0.05, 0.1) is 0 Å². The number of carbonyl (C=O) groups is 1. The highest BCUT2D eigenvalue weighted by atomic mass is 16.7. The molecule has 0 saturated carbocycles. The monoisotopic (exact) mass is 292 g/mol. The Bertz CT molecular complexity index is 550. The summed E-state index contributed by atoms with van der Waals surface area (Å²) >= 11 is 0. The molecule has 0 N–H and O–H groups in total. The van der Waals surface area contributed by atoms with E-state index in [9.17, 15) is 4.79 Å². The summed E-state index contributed by atoms with van der Waals surface area (Å²) in [6.07, 6.45) is 2.42. The van der Waals surface area contributed by atoms with Crippen molar-refractivity contribution in [1.29, 1.82) is 0 Å². The van der Waals surface area contributed by atoms with E-state index >= 15 is 0 Å². The Labute approximate surface area is 126 Å². The second-order valence-electron chi connectivity index (χ2n) is 5.80. The summed E-state index contributed by atoms with van der Waals surface area (Å²) in [5.41, 5.74) is 3.59. The zero-order valence-electron chi connectivity index (χ0n) is 13.5. The molecule has 0 aromatic heterocycles. The zero-order valence-corrected chi connectivity index (χ0v) is 13.5. The van der Waals surface area contributed by atoms with Crippen molar-refractivity contribution in [3.05, 3.63) is 22.3 Å². The van der Waals surface area contributed by atoms with Gasteiger partial charge in [0.1, 0.15) is 11.5 Å². The lowest BCUT2D eigenvalue weighted by Gasteiger charge is -2.34. The Kier molecular flexibility index (Phi) is 4.57. The Balaban J connectivity index is 2.42. The minimum absolute atomic E-state index is 0.253. The van der Waals surface area contributed by atoms with Gasteiger partial charge in [-0.2, -0.15) is 0 Å². The van der Waals surface area contributed by atoms with Gasteiger partial charge in [-0.3, -0.25) is 4.79 Å². The number of fused-ring (bicyclic) bond motifs is 1. The van der Waals surface area contributed by atoms with Crippen molar-refractivity contribution < 1.29 is 19.0 Å². The van der Waals surface area contributed by atoms with Crippen LogP contribution in [0, 0.1) is 20.8 Å². The highest BCUT2D eigenvalue weighted by Gasteiger charge is 2.34. The highest BCUT2D eigenvalue weighted by molar-refractivity contribution is 5.66. The molecular formula is C17H24O4. The van der Waals surface area contributed by atoms with Crippen molar-refractivity contribution in [3.8, 4) is 11.5 Å². The first kappa shape index (κ1) is 15.8. The van der Waals surface area contributed by atoms with E-state index in [1.54, 1.807) is 0 Å². The Morgan fingerprint density at radius 2 is 1.95 bits per heavy atom. The Morgan fingerprint density at radius 3 is 2.57 bits per heavy atom. The lowest BCUT2D eigenvalue weighted by Crippen LogP contribution is -2.38. The largest absolute Gasteiger partial charge is 0.480 e. The molecule has 0 spiro atoms. The smallest absolute Gasteiger partial charge is 0.189 e. The molecule has 116 valence electrons. The van der Waals surface area contributed by atoms with Gasteiger partial charge in [0, 0.05) is 12.2 Å². The highest BCUT2D eigenvalue weighted by Crippen LogP contribution is 2.43. The van der Waals surface area contributed by atoms with Crippen LogP contribution < -0.4 is 9.47 Å². The standard InChI is InChI=1S/C17H24O4/c1-6-19-10-20-15-11(2)12(3)16-14(13(15)4)7-8-17(5,9-18)21-16/h9H,6-8,10H2,1-5H3. The molecule has 1 aliphatic rings. The van der Waals surface area contributed by atoms with Gasteiger partial charge in [-0.15, -0.1) is 0 Å². The van der Waals surface area contributed by atoms with E-state index in [-0.39, 0.29) is 6.79 Å². The summed E-state index contributed by atoms with van der Waals surface area (Å²) in [5.74, 6) is 1.72. The van der Waals surface area contributed by atoms with Crippen molar-refractivity contribution in [2.45, 2.75) is 53.1 Å². The fourth-order valence-corrected chi connectivity index (χ4v) is 2.74. The molecule has 0 saturated heterocycles. The van der Waals surface area contributed by atoms with E-state index in [0.29, 0.717) is 13.0 Å². The van der Waals surface area contributed by atoms with E-state index in [1.807, 2.05) is 34.6 Å². The zero-order chi connectivity index (χ0) is 15.6. The fraction of sp³-hybridized carbons (Fsp3) is 0.588. The SMILES string of the molecule is CCOCOc1c(C)c(C)c2c(c1C)CCC(C)(C=O)O2. The van der Waals surface area contributed by atoms with Gasteiger partial charge < -0.3 is 14.2 Å². The van der Waals surface area contributed by atoms with Crippen molar-refractivity contribution in [1.82, 2.24) is 0 Å². The first-order chi connectivity index (χ1) is 9.93. The predicted molar refractivity (Wildman–Crippen MR) is 81.2 cm³/mol. The molecule has 1 atom stereocenters. The molecule has 1 aromatic carbocycles. The van der Waals surface area contributed by atoms with Gasteiger partial charge >= 0.3 is 0 Å². The molecule has 0 radical (unpaired) electrons. The maximum Gasteiger partial charge on any atom is 0.189 e. The van der Waals surface area contributed by atoms with Crippen LogP contribution in [-0.2, 0) is 16.0 Å². The number of carbonyl (C=O) groups excluding carboxylic acids is 1. The maximum absolute atomic E-state index is 11.2. The molecule has 1 aliphatic heterocycles. The van der Waals surface area contributed by atoms with Crippen LogP contribution in [0.1, 0.15) is 42.5 Å². The van der Waals surface area contributed by atoms with E-state index < -0.39 is 5.60 Å². The number of ether oxygens (including phenoxy) is 3. The molecular weight excluding hydrogens is 268 g/mol. The topological polar surface area (TPSA) is 44.8 Å². The minimum Gasteiger partial charge on any atom is -0.480 e. The van der Waals surface area contributed by atoms with E-state index in [1.165, 1.54) is 0 Å². The third-order valence-corrected chi connectivity index (χ3v) is 4.26. The molecule has 1 unspecified atom stereocenters. The van der Waals surface area contributed by atoms with Gasteiger partial charge in [0.25, 0.3) is 0 Å². The Hall–Kier alpha value is -1.55. The molecule has 1 aromatic rings. The Morgan fingerprint density at radius 1 is 1.24 bits per heavy atom. The van der Waals surface area contributed by atoms with Crippen molar-refractivity contribution in [2.75, 3.05) is 13.4 Å². The van der Waals surface area contributed by atoms with Crippen molar-refractivity contribution in [3.63, 3.8) is 0 Å². The summed E-state index contributed by atoms with van der Waals surface area (Å²) in [6, 6.07) is 0. The third-order valence-electron chi connectivity index (χ3n) is 4.26. The second kappa shape index (κ2) is 6.06. The van der Waals surface area contributed by atoms with Gasteiger partial charge in [0.15, 0.2) is 18.7 Å². The van der Waals surface area contributed by atoms with Gasteiger partial charge in [-0.05, 0) is 64.2 Å².